The van der Waals surface area contributed by atoms with E-state index in [1.807, 2.05) is 30.3 Å². The predicted molar refractivity (Wildman–Crippen MR) is 92.7 cm³/mol. The number of thiazole rings is 1. The summed E-state index contributed by atoms with van der Waals surface area (Å²) in [5.74, 6) is 0.406. The summed E-state index contributed by atoms with van der Waals surface area (Å²) in [6, 6.07) is 2.25. The molecule has 2 aliphatic rings. The summed E-state index contributed by atoms with van der Waals surface area (Å²) >= 11 is 1.54. The molecular formula is C17H22N4O2S. The Hall–Kier alpha value is -1.73. The molecule has 1 aliphatic carbocycles. The zero-order chi connectivity index (χ0) is 16.7. The molecular weight excluding hydrogens is 324 g/mol. The number of hydrogen-bond acceptors (Lipinski definition) is 5. The van der Waals surface area contributed by atoms with Gasteiger partial charge in [-0.25, -0.2) is 4.98 Å². The van der Waals surface area contributed by atoms with Gasteiger partial charge in [-0.05, 0) is 38.7 Å². The largest absolute Gasteiger partial charge is 0.381 e. The van der Waals surface area contributed by atoms with Crippen molar-refractivity contribution in [2.45, 2.75) is 44.6 Å². The maximum Gasteiger partial charge on any atom is 0.278 e. The molecule has 1 saturated heterocycles. The van der Waals surface area contributed by atoms with Crippen LogP contribution < -0.4 is 4.90 Å². The Bertz CT molecular complexity index is 744. The zero-order valence-corrected chi connectivity index (χ0v) is 14.9. The van der Waals surface area contributed by atoms with Gasteiger partial charge in [-0.3, -0.25) is 14.4 Å². The normalized spacial score (nSPS) is 18.8. The second-order valence-corrected chi connectivity index (χ2v) is 7.48. The third-order valence-corrected chi connectivity index (χ3v) is 5.66. The van der Waals surface area contributed by atoms with Crippen molar-refractivity contribution < 1.29 is 9.53 Å². The molecule has 0 bridgehead atoms. The lowest BCUT2D eigenvalue weighted by molar-refractivity contribution is 0.0844. The van der Waals surface area contributed by atoms with E-state index in [-0.39, 0.29) is 11.9 Å². The van der Waals surface area contributed by atoms with E-state index in [1.165, 1.54) is 11.3 Å². The van der Waals surface area contributed by atoms with Gasteiger partial charge in [-0.2, -0.15) is 5.10 Å². The van der Waals surface area contributed by atoms with Crippen LogP contribution in [0.1, 0.15) is 53.5 Å². The van der Waals surface area contributed by atoms with Crippen LogP contribution >= 0.6 is 11.3 Å². The molecule has 3 heterocycles. The first-order valence-electron chi connectivity index (χ1n) is 8.51. The Kier molecular flexibility index (Phi) is 4.14. The Balaban J connectivity index is 1.62. The number of ether oxygens (including phenoxy) is 1. The van der Waals surface area contributed by atoms with Gasteiger partial charge in [0.2, 0.25) is 0 Å². The summed E-state index contributed by atoms with van der Waals surface area (Å²) in [7, 11) is 1.86. The number of anilines is 1. The first kappa shape index (κ1) is 15.8. The molecule has 0 N–H and O–H groups in total. The first-order valence-corrected chi connectivity index (χ1v) is 9.39. The highest BCUT2D eigenvalue weighted by Crippen LogP contribution is 2.35. The van der Waals surface area contributed by atoms with Crippen molar-refractivity contribution in [3.63, 3.8) is 0 Å². The minimum absolute atomic E-state index is 0.0140. The first-order chi connectivity index (χ1) is 11.6. The monoisotopic (exact) mass is 346 g/mol. The Labute approximate surface area is 145 Å². The fraction of sp³-hybridized carbons (Fsp3) is 0.588. The highest BCUT2D eigenvalue weighted by Gasteiger charge is 2.37. The van der Waals surface area contributed by atoms with Crippen LogP contribution in [0, 0.1) is 6.92 Å². The molecule has 7 heteroatoms. The Morgan fingerprint density at radius 2 is 2.08 bits per heavy atom. The molecule has 0 unspecified atom stereocenters. The quantitative estimate of drug-likeness (QED) is 0.854. The Morgan fingerprint density at radius 1 is 1.33 bits per heavy atom. The number of nitrogens with zero attached hydrogens (tertiary/aromatic N) is 4. The summed E-state index contributed by atoms with van der Waals surface area (Å²) in [5.41, 5.74) is 2.62. The van der Waals surface area contributed by atoms with Crippen LogP contribution in [-0.2, 0) is 11.8 Å². The highest BCUT2D eigenvalue weighted by atomic mass is 32.1. The smallest absolute Gasteiger partial charge is 0.278 e. The van der Waals surface area contributed by atoms with Crippen LogP contribution in [0.25, 0.3) is 0 Å². The van der Waals surface area contributed by atoms with Crippen molar-refractivity contribution in [1.82, 2.24) is 14.8 Å². The summed E-state index contributed by atoms with van der Waals surface area (Å²) < 4.78 is 7.15. The fourth-order valence-corrected chi connectivity index (χ4v) is 4.07. The van der Waals surface area contributed by atoms with E-state index in [9.17, 15) is 4.79 Å². The third kappa shape index (κ3) is 2.98. The SMILES string of the molecule is Cc1csc(N(C(=O)c2cc(C3CCOCC3)nn2C)C2CC2)n1. The van der Waals surface area contributed by atoms with Crippen molar-refractivity contribution in [2.75, 3.05) is 18.1 Å². The second kappa shape index (κ2) is 6.29. The molecule has 0 atom stereocenters. The number of hydrogen-bond donors (Lipinski definition) is 0. The number of rotatable bonds is 4. The summed E-state index contributed by atoms with van der Waals surface area (Å²) in [5, 5.41) is 7.41. The lowest BCUT2D eigenvalue weighted by Crippen LogP contribution is -2.34. The molecule has 1 amide bonds. The highest BCUT2D eigenvalue weighted by molar-refractivity contribution is 7.14. The predicted octanol–water partition coefficient (Wildman–Crippen LogP) is 2.89. The van der Waals surface area contributed by atoms with E-state index in [2.05, 4.69) is 10.1 Å². The number of carbonyl (C=O) groups is 1. The minimum atomic E-state index is 0.0140. The van der Waals surface area contributed by atoms with Gasteiger partial charge >= 0.3 is 0 Å². The van der Waals surface area contributed by atoms with E-state index < -0.39 is 0 Å². The molecule has 2 aromatic heterocycles. The minimum Gasteiger partial charge on any atom is -0.381 e. The molecule has 0 aromatic carbocycles. The van der Waals surface area contributed by atoms with Crippen molar-refractivity contribution in [1.29, 1.82) is 0 Å². The topological polar surface area (TPSA) is 60.3 Å². The maximum absolute atomic E-state index is 13.2. The summed E-state index contributed by atoms with van der Waals surface area (Å²) in [6.45, 7) is 3.51. The van der Waals surface area contributed by atoms with E-state index >= 15 is 0 Å². The molecule has 0 radical (unpaired) electrons. The van der Waals surface area contributed by atoms with E-state index in [0.717, 1.165) is 55.4 Å². The Morgan fingerprint density at radius 3 is 2.71 bits per heavy atom. The summed E-state index contributed by atoms with van der Waals surface area (Å²) in [6.07, 6.45) is 4.05. The van der Waals surface area contributed by atoms with Gasteiger partial charge < -0.3 is 4.74 Å². The van der Waals surface area contributed by atoms with E-state index in [1.54, 1.807) is 4.68 Å². The summed E-state index contributed by atoms with van der Waals surface area (Å²) in [4.78, 5) is 19.5. The number of aromatic nitrogens is 3. The molecule has 24 heavy (non-hydrogen) atoms. The molecule has 6 nitrogen and oxygen atoms in total. The standard InChI is InChI=1S/C17H22N4O2S/c1-11-10-24-17(18-11)21(13-3-4-13)16(22)15-9-14(19-20(15)2)12-5-7-23-8-6-12/h9-10,12-13H,3-8H2,1-2H3. The second-order valence-electron chi connectivity index (χ2n) is 6.64. The molecule has 2 aromatic rings. The lowest BCUT2D eigenvalue weighted by Gasteiger charge is -2.20. The van der Waals surface area contributed by atoms with Gasteiger partial charge in [0.05, 0.1) is 11.4 Å². The number of carbonyl (C=O) groups excluding carboxylic acids is 1. The van der Waals surface area contributed by atoms with Gasteiger partial charge in [0.25, 0.3) is 5.91 Å². The van der Waals surface area contributed by atoms with Gasteiger partial charge in [-0.15, -0.1) is 11.3 Å². The van der Waals surface area contributed by atoms with Gasteiger partial charge in [-0.1, -0.05) is 0 Å². The van der Waals surface area contributed by atoms with Crippen molar-refractivity contribution >= 4 is 22.4 Å². The number of amides is 1. The third-order valence-electron chi connectivity index (χ3n) is 4.70. The maximum atomic E-state index is 13.2. The van der Waals surface area contributed by atoms with Crippen LogP contribution in [-0.4, -0.2) is 39.9 Å². The van der Waals surface area contributed by atoms with Crippen LogP contribution in [0.5, 0.6) is 0 Å². The molecule has 0 spiro atoms. The molecule has 1 saturated carbocycles. The van der Waals surface area contributed by atoms with Crippen molar-refractivity contribution in [3.8, 4) is 0 Å². The van der Waals surface area contributed by atoms with Gasteiger partial charge in [0, 0.05) is 37.6 Å². The average molecular weight is 346 g/mol. The fourth-order valence-electron chi connectivity index (χ4n) is 3.20. The number of aryl methyl sites for hydroxylation is 2. The van der Waals surface area contributed by atoms with Gasteiger partial charge in [0.15, 0.2) is 5.13 Å². The van der Waals surface area contributed by atoms with Crippen LogP contribution in [0.3, 0.4) is 0 Å². The molecule has 4 rings (SSSR count). The van der Waals surface area contributed by atoms with Crippen molar-refractivity contribution in [2.24, 2.45) is 7.05 Å². The van der Waals surface area contributed by atoms with Crippen LogP contribution in [0.4, 0.5) is 5.13 Å². The zero-order valence-electron chi connectivity index (χ0n) is 14.1. The molecule has 128 valence electrons. The van der Waals surface area contributed by atoms with E-state index in [4.69, 9.17) is 4.74 Å². The lowest BCUT2D eigenvalue weighted by atomic mass is 9.96. The van der Waals surface area contributed by atoms with Crippen LogP contribution in [0.15, 0.2) is 11.4 Å². The van der Waals surface area contributed by atoms with Crippen molar-refractivity contribution in [3.05, 3.63) is 28.5 Å². The molecule has 1 aliphatic heterocycles. The average Bonchev–Trinajstić information content (AvgIpc) is 3.20. The van der Waals surface area contributed by atoms with Crippen LogP contribution in [0.2, 0.25) is 0 Å². The van der Waals surface area contributed by atoms with Gasteiger partial charge in [0.1, 0.15) is 5.69 Å². The van der Waals surface area contributed by atoms with E-state index in [0.29, 0.717) is 11.6 Å². The molecule has 2 fully saturated rings.